The van der Waals surface area contributed by atoms with E-state index in [1.807, 2.05) is 0 Å². The Morgan fingerprint density at radius 1 is 1.42 bits per heavy atom. The number of nitro benzene ring substituents is 1. The van der Waals surface area contributed by atoms with Crippen molar-refractivity contribution in [3.8, 4) is 0 Å². The van der Waals surface area contributed by atoms with Gasteiger partial charge in [-0.15, -0.1) is 0 Å². The van der Waals surface area contributed by atoms with Gasteiger partial charge in [-0.25, -0.2) is 0 Å². The molecule has 0 radical (unpaired) electrons. The third kappa shape index (κ3) is 3.21. The molecular formula is C17H17N3O6. The standard InChI is InChI=1S/C17H17N3O6/c1-26-11-7-10(8-15(21)22)19(9-11)17(23)13-4-5-14(20(24)25)12-3-2-6-18-16(12)13/h2-6,10-11H,7-9H2,1H3,(H,21,22). The number of pyridine rings is 1. The zero-order valence-corrected chi connectivity index (χ0v) is 14.0. The topological polar surface area (TPSA) is 123 Å². The Bertz CT molecular complexity index is 884. The first-order valence-electron chi connectivity index (χ1n) is 8.00. The van der Waals surface area contributed by atoms with Gasteiger partial charge in [0.2, 0.25) is 0 Å². The summed E-state index contributed by atoms with van der Waals surface area (Å²) >= 11 is 0. The first-order valence-corrected chi connectivity index (χ1v) is 8.00. The number of carbonyl (C=O) groups excluding carboxylic acids is 1. The number of hydrogen-bond donors (Lipinski definition) is 1. The van der Waals surface area contributed by atoms with Crippen molar-refractivity contribution in [2.24, 2.45) is 0 Å². The highest BCUT2D eigenvalue weighted by molar-refractivity contribution is 6.08. The van der Waals surface area contributed by atoms with E-state index in [-0.39, 0.29) is 41.2 Å². The second kappa shape index (κ2) is 7.04. The summed E-state index contributed by atoms with van der Waals surface area (Å²) in [6.45, 7) is 0.262. The van der Waals surface area contributed by atoms with Crippen molar-refractivity contribution in [1.29, 1.82) is 0 Å². The summed E-state index contributed by atoms with van der Waals surface area (Å²) < 4.78 is 5.29. The fourth-order valence-corrected chi connectivity index (χ4v) is 3.33. The van der Waals surface area contributed by atoms with Gasteiger partial charge in [0, 0.05) is 32.0 Å². The highest BCUT2D eigenvalue weighted by atomic mass is 16.6. The lowest BCUT2D eigenvalue weighted by atomic mass is 10.1. The molecule has 1 aliphatic rings. The predicted molar refractivity (Wildman–Crippen MR) is 90.9 cm³/mol. The molecule has 1 N–H and O–H groups in total. The quantitative estimate of drug-likeness (QED) is 0.638. The Labute approximate surface area is 148 Å². The molecule has 1 amide bonds. The molecule has 2 aromatic rings. The number of ether oxygens (including phenoxy) is 1. The number of rotatable bonds is 5. The molecule has 1 aliphatic heterocycles. The van der Waals surface area contributed by atoms with Crippen LogP contribution in [-0.4, -0.2) is 57.6 Å². The van der Waals surface area contributed by atoms with Crippen LogP contribution in [0.15, 0.2) is 30.5 Å². The Morgan fingerprint density at radius 3 is 2.85 bits per heavy atom. The highest BCUT2D eigenvalue weighted by Crippen LogP contribution is 2.30. The molecule has 2 atom stereocenters. The van der Waals surface area contributed by atoms with Crippen molar-refractivity contribution >= 4 is 28.5 Å². The molecule has 3 rings (SSSR count). The largest absolute Gasteiger partial charge is 0.481 e. The van der Waals surface area contributed by atoms with Gasteiger partial charge in [-0.05, 0) is 24.6 Å². The van der Waals surface area contributed by atoms with Gasteiger partial charge >= 0.3 is 5.97 Å². The number of methoxy groups -OCH3 is 1. The summed E-state index contributed by atoms with van der Waals surface area (Å²) in [7, 11) is 1.51. The van der Waals surface area contributed by atoms with E-state index in [0.717, 1.165) is 0 Å². The lowest BCUT2D eigenvalue weighted by Crippen LogP contribution is -2.37. The molecule has 9 heteroatoms. The summed E-state index contributed by atoms with van der Waals surface area (Å²) in [5.41, 5.74) is 0.294. The van der Waals surface area contributed by atoms with Gasteiger partial charge in [0.15, 0.2) is 0 Å². The Kier molecular flexibility index (Phi) is 4.81. The maximum Gasteiger partial charge on any atom is 0.305 e. The van der Waals surface area contributed by atoms with E-state index in [0.29, 0.717) is 6.42 Å². The van der Waals surface area contributed by atoms with E-state index in [9.17, 15) is 19.7 Å². The van der Waals surface area contributed by atoms with Gasteiger partial charge in [-0.2, -0.15) is 0 Å². The van der Waals surface area contributed by atoms with Crippen LogP contribution in [0.5, 0.6) is 0 Å². The van der Waals surface area contributed by atoms with E-state index >= 15 is 0 Å². The Balaban J connectivity index is 2.03. The monoisotopic (exact) mass is 359 g/mol. The van der Waals surface area contributed by atoms with E-state index in [2.05, 4.69) is 4.98 Å². The Hall–Kier alpha value is -3.07. The van der Waals surface area contributed by atoms with Gasteiger partial charge < -0.3 is 14.7 Å². The lowest BCUT2D eigenvalue weighted by Gasteiger charge is -2.23. The van der Waals surface area contributed by atoms with Crippen LogP contribution >= 0.6 is 0 Å². The predicted octanol–water partition coefficient (Wildman–Crippen LogP) is 1.85. The molecule has 136 valence electrons. The molecule has 1 fully saturated rings. The minimum atomic E-state index is -1.00. The fraction of sp³-hybridized carbons (Fsp3) is 0.353. The zero-order valence-electron chi connectivity index (χ0n) is 14.0. The average molecular weight is 359 g/mol. The van der Waals surface area contributed by atoms with Crippen molar-refractivity contribution in [3.63, 3.8) is 0 Å². The number of carboxylic acids is 1. The summed E-state index contributed by atoms with van der Waals surface area (Å²) in [5.74, 6) is -1.41. The summed E-state index contributed by atoms with van der Waals surface area (Å²) in [5, 5.41) is 20.6. The molecule has 0 bridgehead atoms. The number of hydrogen-bond acceptors (Lipinski definition) is 6. The van der Waals surface area contributed by atoms with Crippen LogP contribution in [-0.2, 0) is 9.53 Å². The molecule has 0 spiro atoms. The smallest absolute Gasteiger partial charge is 0.305 e. The van der Waals surface area contributed by atoms with E-state index in [1.165, 1.54) is 36.4 Å². The van der Waals surface area contributed by atoms with Crippen LogP contribution in [0.3, 0.4) is 0 Å². The fourth-order valence-electron chi connectivity index (χ4n) is 3.33. The molecule has 0 aliphatic carbocycles. The number of aromatic nitrogens is 1. The van der Waals surface area contributed by atoms with Crippen LogP contribution < -0.4 is 0 Å². The SMILES string of the molecule is COC1CC(CC(=O)O)N(C(=O)c2ccc([N+](=O)[O-])c3cccnc23)C1. The molecule has 1 aromatic heterocycles. The second-order valence-corrected chi connectivity index (χ2v) is 6.09. The van der Waals surface area contributed by atoms with Crippen LogP contribution in [0.4, 0.5) is 5.69 Å². The summed E-state index contributed by atoms with van der Waals surface area (Å²) in [6.07, 6.45) is 1.44. The number of carbonyl (C=O) groups is 2. The summed E-state index contributed by atoms with van der Waals surface area (Å²) in [6, 6.07) is 5.24. The van der Waals surface area contributed by atoms with Crippen molar-refractivity contribution in [1.82, 2.24) is 9.88 Å². The number of aliphatic carboxylic acids is 1. The number of benzene rings is 1. The molecule has 26 heavy (non-hydrogen) atoms. The minimum Gasteiger partial charge on any atom is -0.481 e. The molecule has 2 heterocycles. The first kappa shape index (κ1) is 17.7. The van der Waals surface area contributed by atoms with Crippen molar-refractivity contribution < 1.29 is 24.4 Å². The lowest BCUT2D eigenvalue weighted by molar-refractivity contribution is -0.383. The summed E-state index contributed by atoms with van der Waals surface area (Å²) in [4.78, 5) is 40.5. The van der Waals surface area contributed by atoms with Crippen LogP contribution in [0.2, 0.25) is 0 Å². The number of nitro groups is 1. The number of amides is 1. The number of fused-ring (bicyclic) bond motifs is 1. The highest BCUT2D eigenvalue weighted by Gasteiger charge is 2.37. The molecule has 1 saturated heterocycles. The van der Waals surface area contributed by atoms with E-state index < -0.39 is 22.8 Å². The molecule has 2 unspecified atom stereocenters. The van der Waals surface area contributed by atoms with Gasteiger partial charge in [0.25, 0.3) is 11.6 Å². The van der Waals surface area contributed by atoms with Crippen LogP contribution in [0.1, 0.15) is 23.2 Å². The number of likely N-dealkylation sites (tertiary alicyclic amines) is 1. The minimum absolute atomic E-state index is 0.136. The maximum atomic E-state index is 13.1. The van der Waals surface area contributed by atoms with Gasteiger partial charge in [0.05, 0.1) is 33.9 Å². The molecule has 1 aromatic carbocycles. The van der Waals surface area contributed by atoms with Gasteiger partial charge in [-0.3, -0.25) is 24.7 Å². The van der Waals surface area contributed by atoms with Gasteiger partial charge in [0.1, 0.15) is 0 Å². The zero-order chi connectivity index (χ0) is 18.8. The molecule has 9 nitrogen and oxygen atoms in total. The van der Waals surface area contributed by atoms with Crippen molar-refractivity contribution in [3.05, 3.63) is 46.1 Å². The van der Waals surface area contributed by atoms with Crippen LogP contribution in [0.25, 0.3) is 10.9 Å². The first-order chi connectivity index (χ1) is 12.4. The number of carboxylic acid groups (broad SMARTS) is 1. The average Bonchev–Trinajstić information content (AvgIpc) is 3.02. The normalized spacial score (nSPS) is 19.7. The van der Waals surface area contributed by atoms with Gasteiger partial charge in [-0.1, -0.05) is 0 Å². The van der Waals surface area contributed by atoms with E-state index in [4.69, 9.17) is 9.84 Å². The van der Waals surface area contributed by atoms with Crippen LogP contribution in [0, 0.1) is 10.1 Å². The molecule has 0 saturated carbocycles. The van der Waals surface area contributed by atoms with E-state index in [1.54, 1.807) is 6.07 Å². The van der Waals surface area contributed by atoms with Crippen molar-refractivity contribution in [2.75, 3.05) is 13.7 Å². The second-order valence-electron chi connectivity index (χ2n) is 6.09. The van der Waals surface area contributed by atoms with Crippen molar-refractivity contribution in [2.45, 2.75) is 25.0 Å². The Morgan fingerprint density at radius 2 is 2.19 bits per heavy atom. The third-order valence-electron chi connectivity index (χ3n) is 4.55. The number of nitrogens with zero attached hydrogens (tertiary/aromatic N) is 3. The third-order valence-corrected chi connectivity index (χ3v) is 4.55. The number of non-ortho nitro benzene ring substituents is 1. The maximum absolute atomic E-state index is 13.1. The molecular weight excluding hydrogens is 342 g/mol.